The monoisotopic (exact) mass is 206 g/mol. The number of nitrogens with two attached hydrogens (primary N) is 1. The number of hydrogen-bond acceptors (Lipinski definition) is 4. The molecular formula is C10H10N2OS. The summed E-state index contributed by atoms with van der Waals surface area (Å²) >= 11 is 1.47. The van der Waals surface area contributed by atoms with Gasteiger partial charge in [-0.05, 0) is 17.7 Å². The lowest BCUT2D eigenvalue weighted by Crippen LogP contribution is -1.95. The second-order valence-electron chi connectivity index (χ2n) is 2.75. The Morgan fingerprint density at radius 2 is 2.07 bits per heavy atom. The molecule has 2 aromatic rings. The summed E-state index contributed by atoms with van der Waals surface area (Å²) in [5, 5.41) is 2.54. The molecule has 0 bridgehead atoms. The van der Waals surface area contributed by atoms with Gasteiger partial charge in [0.2, 0.25) is 0 Å². The summed E-state index contributed by atoms with van der Waals surface area (Å²) in [6.45, 7) is 0.553. The standard InChI is InChI=1S/C10H10N2OS/c11-7-8-1-3-9(4-2-8)13-10-12-5-6-14-10/h1-6H,7,11H2. The van der Waals surface area contributed by atoms with Crippen LogP contribution in [0.4, 0.5) is 0 Å². The SMILES string of the molecule is NCc1ccc(Oc2nccs2)cc1. The van der Waals surface area contributed by atoms with Crippen molar-refractivity contribution in [1.29, 1.82) is 0 Å². The molecule has 3 nitrogen and oxygen atoms in total. The average Bonchev–Trinajstić information content (AvgIpc) is 2.72. The molecule has 0 radical (unpaired) electrons. The highest BCUT2D eigenvalue weighted by Gasteiger charge is 1.98. The first-order valence-corrected chi connectivity index (χ1v) is 5.13. The molecule has 1 heterocycles. The van der Waals surface area contributed by atoms with Gasteiger partial charge in [0, 0.05) is 18.1 Å². The molecule has 1 aromatic heterocycles. The van der Waals surface area contributed by atoms with Gasteiger partial charge in [0.25, 0.3) is 5.19 Å². The molecule has 0 aliphatic heterocycles. The Morgan fingerprint density at radius 1 is 1.29 bits per heavy atom. The van der Waals surface area contributed by atoms with Crippen molar-refractivity contribution in [3.63, 3.8) is 0 Å². The van der Waals surface area contributed by atoms with E-state index in [1.54, 1.807) is 6.20 Å². The summed E-state index contributed by atoms with van der Waals surface area (Å²) in [6, 6.07) is 7.68. The fraction of sp³-hybridized carbons (Fsp3) is 0.100. The van der Waals surface area contributed by atoms with Gasteiger partial charge in [-0.1, -0.05) is 23.5 Å². The van der Waals surface area contributed by atoms with Crippen LogP contribution in [0.5, 0.6) is 10.9 Å². The van der Waals surface area contributed by atoms with Gasteiger partial charge in [-0.3, -0.25) is 0 Å². The first-order valence-electron chi connectivity index (χ1n) is 4.25. The fourth-order valence-corrected chi connectivity index (χ4v) is 1.56. The quantitative estimate of drug-likeness (QED) is 0.838. The molecule has 14 heavy (non-hydrogen) atoms. The zero-order chi connectivity index (χ0) is 9.80. The third kappa shape index (κ3) is 2.10. The summed E-state index contributed by atoms with van der Waals surface area (Å²) in [4.78, 5) is 4.03. The predicted molar refractivity (Wildman–Crippen MR) is 56.5 cm³/mol. The minimum absolute atomic E-state index is 0.553. The summed E-state index contributed by atoms with van der Waals surface area (Å²) < 4.78 is 5.48. The molecule has 2 N–H and O–H groups in total. The molecule has 0 saturated heterocycles. The van der Waals surface area contributed by atoms with Gasteiger partial charge in [-0.25, -0.2) is 4.98 Å². The largest absolute Gasteiger partial charge is 0.431 e. The molecule has 0 aliphatic carbocycles. The molecule has 0 unspecified atom stereocenters. The van der Waals surface area contributed by atoms with E-state index in [2.05, 4.69) is 4.98 Å². The van der Waals surface area contributed by atoms with Gasteiger partial charge in [-0.2, -0.15) is 0 Å². The van der Waals surface area contributed by atoms with E-state index in [0.717, 1.165) is 11.3 Å². The van der Waals surface area contributed by atoms with E-state index < -0.39 is 0 Å². The Morgan fingerprint density at radius 3 is 2.64 bits per heavy atom. The second-order valence-corrected chi connectivity index (χ2v) is 3.61. The number of aromatic nitrogens is 1. The van der Waals surface area contributed by atoms with Crippen molar-refractivity contribution in [1.82, 2.24) is 4.98 Å². The maximum absolute atomic E-state index is 5.48. The molecule has 0 fully saturated rings. The van der Waals surface area contributed by atoms with Gasteiger partial charge in [0.15, 0.2) is 0 Å². The van der Waals surface area contributed by atoms with Crippen LogP contribution in [0.2, 0.25) is 0 Å². The molecule has 0 spiro atoms. The van der Waals surface area contributed by atoms with E-state index in [9.17, 15) is 0 Å². The smallest absolute Gasteiger partial charge is 0.278 e. The first kappa shape index (κ1) is 9.18. The van der Waals surface area contributed by atoms with E-state index in [4.69, 9.17) is 10.5 Å². The fourth-order valence-electron chi connectivity index (χ4n) is 1.06. The topological polar surface area (TPSA) is 48.1 Å². The molecule has 1 aromatic carbocycles. The highest BCUT2D eigenvalue weighted by atomic mass is 32.1. The zero-order valence-electron chi connectivity index (χ0n) is 7.51. The van der Waals surface area contributed by atoms with E-state index in [1.807, 2.05) is 29.6 Å². The third-order valence-corrected chi connectivity index (χ3v) is 2.42. The number of hydrogen-bond donors (Lipinski definition) is 1. The Labute approximate surface area is 86.2 Å². The molecular weight excluding hydrogens is 196 g/mol. The Bertz CT molecular complexity index is 383. The lowest BCUT2D eigenvalue weighted by atomic mass is 10.2. The number of rotatable bonds is 3. The lowest BCUT2D eigenvalue weighted by molar-refractivity contribution is 0.478. The minimum Gasteiger partial charge on any atom is -0.431 e. The maximum atomic E-state index is 5.48. The van der Waals surface area contributed by atoms with Crippen molar-refractivity contribution < 1.29 is 4.74 Å². The van der Waals surface area contributed by atoms with Gasteiger partial charge in [0.1, 0.15) is 5.75 Å². The maximum Gasteiger partial charge on any atom is 0.278 e. The van der Waals surface area contributed by atoms with E-state index in [0.29, 0.717) is 11.7 Å². The Hall–Kier alpha value is -1.39. The molecule has 0 saturated carbocycles. The molecule has 4 heteroatoms. The normalized spacial score (nSPS) is 10.1. The van der Waals surface area contributed by atoms with E-state index in [1.165, 1.54) is 11.3 Å². The average molecular weight is 206 g/mol. The molecule has 72 valence electrons. The second kappa shape index (κ2) is 4.21. The Balaban J connectivity index is 2.10. The van der Waals surface area contributed by atoms with Crippen LogP contribution >= 0.6 is 11.3 Å². The van der Waals surface area contributed by atoms with Gasteiger partial charge in [-0.15, -0.1) is 0 Å². The predicted octanol–water partition coefficient (Wildman–Crippen LogP) is 2.39. The lowest BCUT2D eigenvalue weighted by Gasteiger charge is -2.01. The van der Waals surface area contributed by atoms with Crippen molar-refractivity contribution >= 4 is 11.3 Å². The van der Waals surface area contributed by atoms with Crippen molar-refractivity contribution in [3.8, 4) is 10.9 Å². The summed E-state index contributed by atoms with van der Waals surface area (Å²) in [5.41, 5.74) is 6.58. The zero-order valence-corrected chi connectivity index (χ0v) is 8.33. The minimum atomic E-state index is 0.553. The van der Waals surface area contributed by atoms with Crippen LogP contribution in [0.1, 0.15) is 5.56 Å². The van der Waals surface area contributed by atoms with Crippen molar-refractivity contribution in [2.75, 3.05) is 0 Å². The highest BCUT2D eigenvalue weighted by Crippen LogP contribution is 2.23. The third-order valence-electron chi connectivity index (χ3n) is 1.77. The van der Waals surface area contributed by atoms with Crippen molar-refractivity contribution in [2.45, 2.75) is 6.54 Å². The first-order chi connectivity index (χ1) is 6.88. The van der Waals surface area contributed by atoms with E-state index >= 15 is 0 Å². The molecule has 0 atom stereocenters. The van der Waals surface area contributed by atoms with Crippen LogP contribution in [0.25, 0.3) is 0 Å². The number of ether oxygens (including phenoxy) is 1. The molecule has 0 amide bonds. The van der Waals surface area contributed by atoms with Crippen LogP contribution in [0.3, 0.4) is 0 Å². The number of thiazole rings is 1. The van der Waals surface area contributed by atoms with Crippen molar-refractivity contribution in [3.05, 3.63) is 41.4 Å². The molecule has 0 aliphatic rings. The number of nitrogens with zero attached hydrogens (tertiary/aromatic N) is 1. The molecule has 2 rings (SSSR count). The van der Waals surface area contributed by atoms with Gasteiger partial charge >= 0.3 is 0 Å². The summed E-state index contributed by atoms with van der Waals surface area (Å²) in [7, 11) is 0. The van der Waals surface area contributed by atoms with Gasteiger partial charge in [0.05, 0.1) is 0 Å². The van der Waals surface area contributed by atoms with Crippen LogP contribution in [0, 0.1) is 0 Å². The van der Waals surface area contributed by atoms with Crippen LogP contribution in [-0.4, -0.2) is 4.98 Å². The van der Waals surface area contributed by atoms with E-state index in [-0.39, 0.29) is 0 Å². The summed E-state index contributed by atoms with van der Waals surface area (Å²) in [6.07, 6.45) is 1.72. The summed E-state index contributed by atoms with van der Waals surface area (Å²) in [5.74, 6) is 0.789. The Kier molecular flexibility index (Phi) is 2.76. The van der Waals surface area contributed by atoms with Gasteiger partial charge < -0.3 is 10.5 Å². The van der Waals surface area contributed by atoms with Crippen molar-refractivity contribution in [2.24, 2.45) is 5.73 Å². The van der Waals surface area contributed by atoms with Crippen LogP contribution in [-0.2, 0) is 6.54 Å². The highest BCUT2D eigenvalue weighted by molar-refractivity contribution is 7.11. The van der Waals surface area contributed by atoms with Crippen LogP contribution < -0.4 is 10.5 Å². The van der Waals surface area contributed by atoms with Crippen LogP contribution in [0.15, 0.2) is 35.8 Å². The number of benzene rings is 1.